The van der Waals surface area contributed by atoms with Crippen LogP contribution in [0.4, 0.5) is 11.4 Å². The summed E-state index contributed by atoms with van der Waals surface area (Å²) in [5, 5.41) is 0. The minimum Gasteiger partial charge on any atom is -0.372 e. The maximum absolute atomic E-state index is 2.49. The first-order chi connectivity index (χ1) is 11.4. The van der Waals surface area contributed by atoms with Crippen LogP contribution in [0, 0.1) is 0 Å². The van der Waals surface area contributed by atoms with Crippen LogP contribution < -0.4 is 9.80 Å². The summed E-state index contributed by atoms with van der Waals surface area (Å²) < 4.78 is 0. The topological polar surface area (TPSA) is 6.48 Å². The zero-order valence-electron chi connectivity index (χ0n) is 13.9. The van der Waals surface area contributed by atoms with Gasteiger partial charge in [-0.05, 0) is 67.5 Å². The average Bonchev–Trinajstić information content (AvgIpc) is 3.30. The Balaban J connectivity index is 1.41. The molecule has 0 saturated carbocycles. The van der Waals surface area contributed by atoms with E-state index in [1.165, 1.54) is 74.4 Å². The van der Waals surface area contributed by atoms with Crippen LogP contribution in [0.15, 0.2) is 48.5 Å². The molecular weight excluding hydrogens is 280 g/mol. The molecule has 2 aromatic carbocycles. The van der Waals surface area contributed by atoms with E-state index < -0.39 is 0 Å². The SMILES string of the molecule is c1cc(N2CCCC2)ccc1Cc1ccc(N2CCCC2)cc1. The Kier molecular flexibility index (Phi) is 4.23. The van der Waals surface area contributed by atoms with Gasteiger partial charge in [-0.15, -0.1) is 0 Å². The first kappa shape index (κ1) is 14.6. The Morgan fingerprint density at radius 2 is 0.870 bits per heavy atom. The van der Waals surface area contributed by atoms with E-state index in [-0.39, 0.29) is 0 Å². The summed E-state index contributed by atoms with van der Waals surface area (Å²) in [7, 11) is 0. The molecule has 2 heteroatoms. The fraction of sp³-hybridized carbons (Fsp3) is 0.429. The van der Waals surface area contributed by atoms with Crippen LogP contribution in [-0.4, -0.2) is 26.2 Å². The minimum absolute atomic E-state index is 1.03. The van der Waals surface area contributed by atoms with E-state index in [0.717, 1.165) is 6.42 Å². The molecule has 2 saturated heterocycles. The Morgan fingerprint density at radius 3 is 1.22 bits per heavy atom. The highest BCUT2D eigenvalue weighted by Crippen LogP contribution is 2.23. The molecule has 23 heavy (non-hydrogen) atoms. The summed E-state index contributed by atoms with van der Waals surface area (Å²) in [5.41, 5.74) is 5.58. The lowest BCUT2D eigenvalue weighted by molar-refractivity contribution is 0.949. The molecule has 0 bridgehead atoms. The zero-order valence-corrected chi connectivity index (χ0v) is 13.9. The predicted octanol–water partition coefficient (Wildman–Crippen LogP) is 4.48. The molecule has 0 unspecified atom stereocenters. The van der Waals surface area contributed by atoms with Crippen LogP contribution in [0.1, 0.15) is 36.8 Å². The van der Waals surface area contributed by atoms with E-state index in [9.17, 15) is 0 Å². The van der Waals surface area contributed by atoms with E-state index >= 15 is 0 Å². The normalized spacial score (nSPS) is 17.9. The quantitative estimate of drug-likeness (QED) is 0.822. The first-order valence-corrected chi connectivity index (χ1v) is 9.06. The lowest BCUT2D eigenvalue weighted by Gasteiger charge is -2.18. The van der Waals surface area contributed by atoms with Gasteiger partial charge < -0.3 is 9.80 Å². The molecule has 0 N–H and O–H groups in total. The Labute approximate surface area is 139 Å². The van der Waals surface area contributed by atoms with E-state index in [1.54, 1.807) is 0 Å². The van der Waals surface area contributed by atoms with Gasteiger partial charge in [0.15, 0.2) is 0 Å². The molecule has 2 aliphatic rings. The van der Waals surface area contributed by atoms with Gasteiger partial charge in [0.2, 0.25) is 0 Å². The van der Waals surface area contributed by atoms with Crippen molar-refractivity contribution in [1.82, 2.24) is 0 Å². The standard InChI is InChI=1S/C21H26N2/c1-2-14-22(13-1)20-9-5-18(6-10-20)17-19-7-11-21(12-8-19)23-15-3-4-16-23/h5-12H,1-4,13-17H2. The molecule has 120 valence electrons. The average molecular weight is 306 g/mol. The second-order valence-corrected chi connectivity index (χ2v) is 6.90. The predicted molar refractivity (Wildman–Crippen MR) is 98.6 cm³/mol. The van der Waals surface area contributed by atoms with Crippen LogP contribution in [0.25, 0.3) is 0 Å². The van der Waals surface area contributed by atoms with Crippen LogP contribution in [0.5, 0.6) is 0 Å². The Bertz CT molecular complexity index is 560. The van der Waals surface area contributed by atoms with Crippen LogP contribution in [0.3, 0.4) is 0 Å². The second-order valence-electron chi connectivity index (χ2n) is 6.90. The molecule has 0 aromatic heterocycles. The summed E-state index contributed by atoms with van der Waals surface area (Å²) in [6.45, 7) is 4.88. The van der Waals surface area contributed by atoms with Crippen molar-refractivity contribution in [1.29, 1.82) is 0 Å². The monoisotopic (exact) mass is 306 g/mol. The third-order valence-electron chi connectivity index (χ3n) is 5.22. The fourth-order valence-corrected chi connectivity index (χ4v) is 3.84. The van der Waals surface area contributed by atoms with Gasteiger partial charge in [-0.25, -0.2) is 0 Å². The third-order valence-corrected chi connectivity index (χ3v) is 5.22. The maximum Gasteiger partial charge on any atom is 0.0366 e. The molecule has 0 aliphatic carbocycles. The number of benzene rings is 2. The van der Waals surface area contributed by atoms with Crippen molar-refractivity contribution in [2.75, 3.05) is 36.0 Å². The molecule has 0 spiro atoms. The van der Waals surface area contributed by atoms with Crippen molar-refractivity contribution in [3.63, 3.8) is 0 Å². The van der Waals surface area contributed by atoms with Crippen molar-refractivity contribution in [3.8, 4) is 0 Å². The van der Waals surface area contributed by atoms with Gasteiger partial charge >= 0.3 is 0 Å². The minimum atomic E-state index is 1.03. The molecule has 2 fully saturated rings. The smallest absolute Gasteiger partial charge is 0.0366 e. The molecule has 0 amide bonds. The van der Waals surface area contributed by atoms with E-state index in [1.807, 2.05) is 0 Å². The summed E-state index contributed by atoms with van der Waals surface area (Å²) in [4.78, 5) is 4.99. The zero-order chi connectivity index (χ0) is 15.5. The molecule has 0 radical (unpaired) electrons. The summed E-state index contributed by atoms with van der Waals surface area (Å²) >= 11 is 0. The van der Waals surface area contributed by atoms with E-state index in [4.69, 9.17) is 0 Å². The van der Waals surface area contributed by atoms with E-state index in [0.29, 0.717) is 0 Å². The molecule has 2 nitrogen and oxygen atoms in total. The molecule has 2 heterocycles. The van der Waals surface area contributed by atoms with Gasteiger partial charge in [0.1, 0.15) is 0 Å². The van der Waals surface area contributed by atoms with Gasteiger partial charge in [0.05, 0.1) is 0 Å². The van der Waals surface area contributed by atoms with Crippen molar-refractivity contribution >= 4 is 11.4 Å². The van der Waals surface area contributed by atoms with Crippen molar-refractivity contribution < 1.29 is 0 Å². The highest BCUT2D eigenvalue weighted by atomic mass is 15.1. The Morgan fingerprint density at radius 1 is 0.522 bits per heavy atom. The number of rotatable bonds is 4. The number of hydrogen-bond acceptors (Lipinski definition) is 2. The van der Waals surface area contributed by atoms with Crippen molar-refractivity contribution in [2.45, 2.75) is 32.1 Å². The number of nitrogens with zero attached hydrogens (tertiary/aromatic N) is 2. The van der Waals surface area contributed by atoms with Gasteiger partial charge in [-0.3, -0.25) is 0 Å². The van der Waals surface area contributed by atoms with Crippen LogP contribution >= 0.6 is 0 Å². The molecular formula is C21H26N2. The lowest BCUT2D eigenvalue weighted by Crippen LogP contribution is -2.17. The van der Waals surface area contributed by atoms with Gasteiger partial charge in [0, 0.05) is 37.6 Å². The molecule has 0 atom stereocenters. The lowest BCUT2D eigenvalue weighted by atomic mass is 10.0. The molecule has 2 aromatic rings. The second kappa shape index (κ2) is 6.66. The summed E-state index contributed by atoms with van der Waals surface area (Å²) in [5.74, 6) is 0. The van der Waals surface area contributed by atoms with Crippen molar-refractivity contribution in [2.24, 2.45) is 0 Å². The highest BCUT2D eigenvalue weighted by molar-refractivity contribution is 5.50. The van der Waals surface area contributed by atoms with E-state index in [2.05, 4.69) is 58.3 Å². The largest absolute Gasteiger partial charge is 0.372 e. The van der Waals surface area contributed by atoms with Crippen LogP contribution in [0.2, 0.25) is 0 Å². The third kappa shape index (κ3) is 3.36. The van der Waals surface area contributed by atoms with Crippen LogP contribution in [-0.2, 0) is 6.42 Å². The molecule has 2 aliphatic heterocycles. The van der Waals surface area contributed by atoms with Crippen molar-refractivity contribution in [3.05, 3.63) is 59.7 Å². The first-order valence-electron chi connectivity index (χ1n) is 9.06. The number of hydrogen-bond donors (Lipinski definition) is 0. The van der Waals surface area contributed by atoms with Gasteiger partial charge in [-0.1, -0.05) is 24.3 Å². The highest BCUT2D eigenvalue weighted by Gasteiger charge is 2.13. The van der Waals surface area contributed by atoms with Gasteiger partial charge in [-0.2, -0.15) is 0 Å². The summed E-state index contributed by atoms with van der Waals surface area (Å²) in [6.07, 6.45) is 6.38. The fourth-order valence-electron chi connectivity index (χ4n) is 3.84. The number of anilines is 2. The Hall–Kier alpha value is -1.96. The molecule has 4 rings (SSSR count). The van der Waals surface area contributed by atoms with Gasteiger partial charge in [0.25, 0.3) is 0 Å². The summed E-state index contributed by atoms with van der Waals surface area (Å²) in [6, 6.07) is 18.3. The maximum atomic E-state index is 2.49.